The zero-order chi connectivity index (χ0) is 13.2. The van der Waals surface area contributed by atoms with E-state index < -0.39 is 0 Å². The monoisotopic (exact) mass is 279 g/mol. The van der Waals surface area contributed by atoms with Crippen molar-refractivity contribution >= 4 is 21.6 Å². The third kappa shape index (κ3) is 2.70. The van der Waals surface area contributed by atoms with E-state index in [4.69, 9.17) is 4.74 Å². The summed E-state index contributed by atoms with van der Waals surface area (Å²) in [6.45, 7) is 4.44. The van der Waals surface area contributed by atoms with Crippen LogP contribution < -0.4 is 10.9 Å². The minimum atomic E-state index is -0.0469. The van der Waals surface area contributed by atoms with E-state index in [1.165, 1.54) is 11.3 Å². The van der Waals surface area contributed by atoms with Crippen LogP contribution in [0.15, 0.2) is 16.2 Å². The standard InChI is InChI=1S/C13H17N3O2S/c1-8-9(2-4-18-8)6-14-7-11-15-10-3-5-19-12(10)13(17)16-11/h3,5,8-9,14H,2,4,6-7H2,1H3,(H,15,16,17). The zero-order valence-electron chi connectivity index (χ0n) is 10.8. The van der Waals surface area contributed by atoms with Gasteiger partial charge in [0.2, 0.25) is 0 Å². The Balaban J connectivity index is 1.63. The van der Waals surface area contributed by atoms with Crippen LogP contribution in [-0.4, -0.2) is 29.2 Å². The molecule has 3 heterocycles. The average molecular weight is 279 g/mol. The third-order valence-corrected chi connectivity index (χ3v) is 4.50. The quantitative estimate of drug-likeness (QED) is 0.890. The molecule has 0 bridgehead atoms. The summed E-state index contributed by atoms with van der Waals surface area (Å²) in [6, 6.07) is 1.88. The molecule has 6 heteroatoms. The van der Waals surface area contributed by atoms with E-state index >= 15 is 0 Å². The van der Waals surface area contributed by atoms with Crippen LogP contribution >= 0.6 is 11.3 Å². The van der Waals surface area contributed by atoms with Crippen molar-refractivity contribution in [3.8, 4) is 0 Å². The van der Waals surface area contributed by atoms with Crippen LogP contribution in [0.5, 0.6) is 0 Å². The topological polar surface area (TPSA) is 67.0 Å². The van der Waals surface area contributed by atoms with Gasteiger partial charge in [0.1, 0.15) is 10.5 Å². The Kier molecular flexibility index (Phi) is 3.63. The van der Waals surface area contributed by atoms with Gasteiger partial charge in [0.05, 0.1) is 18.2 Å². The molecule has 1 aliphatic heterocycles. The SMILES string of the molecule is CC1OCCC1CNCc1nc2ccsc2c(=O)[nH]1. The van der Waals surface area contributed by atoms with Gasteiger partial charge in [-0.3, -0.25) is 4.79 Å². The Morgan fingerprint density at radius 2 is 2.53 bits per heavy atom. The molecular formula is C13H17N3O2S. The van der Waals surface area contributed by atoms with Gasteiger partial charge >= 0.3 is 0 Å². The summed E-state index contributed by atoms with van der Waals surface area (Å²) in [6.07, 6.45) is 1.42. The molecule has 2 N–H and O–H groups in total. The highest BCUT2D eigenvalue weighted by Gasteiger charge is 2.23. The van der Waals surface area contributed by atoms with Crippen LogP contribution in [0.25, 0.3) is 10.2 Å². The summed E-state index contributed by atoms with van der Waals surface area (Å²) in [7, 11) is 0. The number of aromatic nitrogens is 2. The lowest BCUT2D eigenvalue weighted by atomic mass is 10.0. The minimum absolute atomic E-state index is 0.0469. The van der Waals surface area contributed by atoms with Gasteiger partial charge in [-0.05, 0) is 30.7 Å². The smallest absolute Gasteiger partial charge is 0.268 e. The number of nitrogens with zero attached hydrogens (tertiary/aromatic N) is 1. The molecule has 0 amide bonds. The second-order valence-electron chi connectivity index (χ2n) is 4.90. The normalized spacial score (nSPS) is 23.2. The van der Waals surface area contributed by atoms with Crippen molar-refractivity contribution in [3.63, 3.8) is 0 Å². The molecule has 0 saturated carbocycles. The molecule has 2 atom stereocenters. The Labute approximate surface area is 115 Å². The first-order chi connectivity index (χ1) is 9.24. The Morgan fingerprint density at radius 1 is 1.63 bits per heavy atom. The number of rotatable bonds is 4. The predicted molar refractivity (Wildman–Crippen MR) is 75.5 cm³/mol. The van der Waals surface area contributed by atoms with Crippen LogP contribution in [-0.2, 0) is 11.3 Å². The van der Waals surface area contributed by atoms with Crippen LogP contribution in [0, 0.1) is 5.92 Å². The van der Waals surface area contributed by atoms with Crippen molar-refractivity contribution in [3.05, 3.63) is 27.6 Å². The number of thiophene rings is 1. The lowest BCUT2D eigenvalue weighted by molar-refractivity contribution is 0.105. The molecule has 2 aromatic rings. The van der Waals surface area contributed by atoms with Gasteiger partial charge in [-0.1, -0.05) is 0 Å². The van der Waals surface area contributed by atoms with E-state index in [1.54, 1.807) is 0 Å². The van der Waals surface area contributed by atoms with Gasteiger partial charge in [-0.25, -0.2) is 4.98 Å². The second-order valence-corrected chi connectivity index (χ2v) is 5.82. The number of fused-ring (bicyclic) bond motifs is 1. The highest BCUT2D eigenvalue weighted by molar-refractivity contribution is 7.17. The van der Waals surface area contributed by atoms with Crippen LogP contribution in [0.2, 0.25) is 0 Å². The Bertz CT molecular complexity index is 622. The molecule has 2 unspecified atom stereocenters. The van der Waals surface area contributed by atoms with Gasteiger partial charge in [0.15, 0.2) is 0 Å². The van der Waals surface area contributed by atoms with Gasteiger partial charge in [0.25, 0.3) is 5.56 Å². The van der Waals surface area contributed by atoms with E-state index in [0.29, 0.717) is 29.1 Å². The van der Waals surface area contributed by atoms with E-state index in [9.17, 15) is 4.79 Å². The summed E-state index contributed by atoms with van der Waals surface area (Å²) in [4.78, 5) is 19.1. The highest BCUT2D eigenvalue weighted by atomic mass is 32.1. The van der Waals surface area contributed by atoms with E-state index in [2.05, 4.69) is 22.2 Å². The van der Waals surface area contributed by atoms with Crippen LogP contribution in [0.3, 0.4) is 0 Å². The molecule has 0 radical (unpaired) electrons. The maximum absolute atomic E-state index is 11.8. The van der Waals surface area contributed by atoms with Gasteiger partial charge in [-0.15, -0.1) is 11.3 Å². The van der Waals surface area contributed by atoms with Crippen molar-refractivity contribution in [2.45, 2.75) is 26.0 Å². The first kappa shape index (κ1) is 12.8. The zero-order valence-corrected chi connectivity index (χ0v) is 11.6. The molecule has 0 aromatic carbocycles. The fraction of sp³-hybridized carbons (Fsp3) is 0.538. The maximum atomic E-state index is 11.8. The molecular weight excluding hydrogens is 262 g/mol. The predicted octanol–water partition coefficient (Wildman–Crippen LogP) is 1.50. The number of H-pyrrole nitrogens is 1. The van der Waals surface area contributed by atoms with Crippen LogP contribution in [0.1, 0.15) is 19.2 Å². The van der Waals surface area contributed by atoms with Crippen molar-refractivity contribution in [1.82, 2.24) is 15.3 Å². The number of hydrogen-bond acceptors (Lipinski definition) is 5. The van der Waals surface area contributed by atoms with Crippen molar-refractivity contribution < 1.29 is 4.74 Å². The number of aromatic amines is 1. The van der Waals surface area contributed by atoms with Gasteiger partial charge in [-0.2, -0.15) is 0 Å². The number of hydrogen-bond donors (Lipinski definition) is 2. The molecule has 102 valence electrons. The van der Waals surface area contributed by atoms with Crippen molar-refractivity contribution in [2.75, 3.05) is 13.2 Å². The average Bonchev–Trinajstić information content (AvgIpc) is 2.99. The molecule has 5 nitrogen and oxygen atoms in total. The minimum Gasteiger partial charge on any atom is -0.378 e. The van der Waals surface area contributed by atoms with E-state index in [1.807, 2.05) is 11.4 Å². The summed E-state index contributed by atoms with van der Waals surface area (Å²) in [5.41, 5.74) is 0.734. The lowest BCUT2D eigenvalue weighted by Crippen LogP contribution is -2.28. The fourth-order valence-electron chi connectivity index (χ4n) is 2.43. The summed E-state index contributed by atoms with van der Waals surface area (Å²) in [5, 5.41) is 5.24. The van der Waals surface area contributed by atoms with Gasteiger partial charge in [0, 0.05) is 13.2 Å². The third-order valence-electron chi connectivity index (χ3n) is 3.60. The Hall–Kier alpha value is -1.24. The summed E-state index contributed by atoms with van der Waals surface area (Å²) < 4.78 is 6.22. The Morgan fingerprint density at radius 3 is 3.32 bits per heavy atom. The molecule has 1 aliphatic rings. The summed E-state index contributed by atoms with van der Waals surface area (Å²) >= 11 is 1.42. The molecule has 3 rings (SSSR count). The largest absolute Gasteiger partial charge is 0.378 e. The highest BCUT2D eigenvalue weighted by Crippen LogP contribution is 2.19. The van der Waals surface area contributed by atoms with Gasteiger partial charge < -0.3 is 15.0 Å². The lowest BCUT2D eigenvalue weighted by Gasteiger charge is -2.14. The maximum Gasteiger partial charge on any atom is 0.268 e. The van der Waals surface area contributed by atoms with Crippen molar-refractivity contribution in [2.24, 2.45) is 5.92 Å². The number of nitrogens with one attached hydrogen (secondary N) is 2. The molecule has 0 spiro atoms. The molecule has 2 aromatic heterocycles. The summed E-state index contributed by atoms with van der Waals surface area (Å²) in [5.74, 6) is 1.25. The first-order valence-corrected chi connectivity index (χ1v) is 7.41. The molecule has 0 aliphatic carbocycles. The fourth-order valence-corrected chi connectivity index (χ4v) is 3.15. The molecule has 1 saturated heterocycles. The van der Waals surface area contributed by atoms with Crippen molar-refractivity contribution in [1.29, 1.82) is 0 Å². The number of ether oxygens (including phenoxy) is 1. The second kappa shape index (κ2) is 5.40. The van der Waals surface area contributed by atoms with E-state index in [-0.39, 0.29) is 5.56 Å². The molecule has 1 fully saturated rings. The first-order valence-electron chi connectivity index (χ1n) is 6.53. The molecule has 19 heavy (non-hydrogen) atoms. The van der Waals surface area contributed by atoms with Crippen LogP contribution in [0.4, 0.5) is 0 Å². The van der Waals surface area contributed by atoms with E-state index in [0.717, 1.165) is 25.1 Å².